The molecular formula is C15H22N2OS. The molecule has 0 bridgehead atoms. The first-order valence-electron chi connectivity index (χ1n) is 6.82. The summed E-state index contributed by atoms with van der Waals surface area (Å²) >= 11 is 1.95. The van der Waals surface area contributed by atoms with Crippen molar-refractivity contribution in [3.8, 4) is 0 Å². The second-order valence-electron chi connectivity index (χ2n) is 5.72. The number of benzene rings is 1. The van der Waals surface area contributed by atoms with Crippen molar-refractivity contribution in [2.24, 2.45) is 5.73 Å². The molecule has 19 heavy (non-hydrogen) atoms. The van der Waals surface area contributed by atoms with Crippen molar-refractivity contribution in [1.29, 1.82) is 0 Å². The quantitative estimate of drug-likeness (QED) is 0.887. The van der Waals surface area contributed by atoms with Gasteiger partial charge in [0.1, 0.15) is 0 Å². The summed E-state index contributed by atoms with van der Waals surface area (Å²) in [7, 11) is 0. The van der Waals surface area contributed by atoms with E-state index in [0.29, 0.717) is 0 Å². The smallest absolute Gasteiger partial charge is 0.243 e. The number of anilines is 1. The molecule has 1 aromatic rings. The third-order valence-corrected chi connectivity index (χ3v) is 4.65. The summed E-state index contributed by atoms with van der Waals surface area (Å²) in [5.74, 6) is -0.163. The lowest BCUT2D eigenvalue weighted by atomic mass is 10.1. The van der Waals surface area contributed by atoms with E-state index in [0.717, 1.165) is 10.9 Å². The molecule has 4 heteroatoms. The number of carbonyl (C=O) groups is 1. The zero-order valence-electron chi connectivity index (χ0n) is 11.6. The molecule has 0 aliphatic heterocycles. The fraction of sp³-hybridized carbons (Fsp3) is 0.533. The van der Waals surface area contributed by atoms with Gasteiger partial charge in [-0.3, -0.25) is 4.79 Å². The molecule has 0 radical (unpaired) electrons. The highest BCUT2D eigenvalue weighted by Crippen LogP contribution is 2.34. The van der Waals surface area contributed by atoms with Crippen LogP contribution in [-0.2, 0) is 4.79 Å². The molecule has 0 saturated heterocycles. The van der Waals surface area contributed by atoms with E-state index < -0.39 is 5.54 Å². The van der Waals surface area contributed by atoms with Crippen molar-refractivity contribution in [2.45, 2.75) is 55.2 Å². The summed E-state index contributed by atoms with van der Waals surface area (Å²) in [5, 5.41) is 3.60. The lowest BCUT2D eigenvalue weighted by Crippen LogP contribution is -2.45. The van der Waals surface area contributed by atoms with Crippen molar-refractivity contribution in [3.63, 3.8) is 0 Å². The van der Waals surface area contributed by atoms with Crippen molar-refractivity contribution in [3.05, 3.63) is 24.3 Å². The molecule has 1 aliphatic rings. The number of hydrogen-bond donors (Lipinski definition) is 2. The highest BCUT2D eigenvalue weighted by molar-refractivity contribution is 8.00. The molecule has 3 nitrogen and oxygen atoms in total. The maximum absolute atomic E-state index is 11.8. The van der Waals surface area contributed by atoms with Crippen LogP contribution in [0.5, 0.6) is 0 Å². The van der Waals surface area contributed by atoms with Gasteiger partial charge in [-0.1, -0.05) is 12.8 Å². The number of thioether (sulfide) groups is 1. The predicted octanol–water partition coefficient (Wildman–Crippen LogP) is 3.40. The monoisotopic (exact) mass is 278 g/mol. The minimum atomic E-state index is -0.850. The summed E-state index contributed by atoms with van der Waals surface area (Å²) < 4.78 is 0. The Balaban J connectivity index is 1.92. The van der Waals surface area contributed by atoms with Gasteiger partial charge in [-0.05, 0) is 51.0 Å². The largest absolute Gasteiger partial charge is 0.325 e. The van der Waals surface area contributed by atoms with Gasteiger partial charge in [0.05, 0.1) is 5.54 Å². The van der Waals surface area contributed by atoms with E-state index in [1.54, 1.807) is 13.8 Å². The highest BCUT2D eigenvalue weighted by atomic mass is 32.2. The third kappa shape index (κ3) is 4.25. The Morgan fingerprint density at radius 2 is 1.84 bits per heavy atom. The SMILES string of the molecule is CC(C)(N)C(=O)Nc1ccc(SC2CCCC2)cc1. The van der Waals surface area contributed by atoms with Crippen LogP contribution in [0.4, 0.5) is 5.69 Å². The van der Waals surface area contributed by atoms with Gasteiger partial charge in [-0.25, -0.2) is 0 Å². The summed E-state index contributed by atoms with van der Waals surface area (Å²) in [6.07, 6.45) is 5.36. The van der Waals surface area contributed by atoms with Gasteiger partial charge in [0.25, 0.3) is 0 Å². The Morgan fingerprint density at radius 3 is 2.37 bits per heavy atom. The van der Waals surface area contributed by atoms with E-state index >= 15 is 0 Å². The van der Waals surface area contributed by atoms with Crippen LogP contribution in [-0.4, -0.2) is 16.7 Å². The number of carbonyl (C=O) groups excluding carboxylic acids is 1. The molecule has 0 atom stereocenters. The zero-order chi connectivity index (χ0) is 13.9. The van der Waals surface area contributed by atoms with E-state index in [-0.39, 0.29) is 5.91 Å². The second kappa shape index (κ2) is 5.97. The first kappa shape index (κ1) is 14.4. The normalized spacial score (nSPS) is 16.6. The van der Waals surface area contributed by atoms with Crippen LogP contribution in [0.2, 0.25) is 0 Å². The summed E-state index contributed by atoms with van der Waals surface area (Å²) in [6.45, 7) is 3.40. The molecule has 0 aromatic heterocycles. The van der Waals surface area contributed by atoms with Gasteiger partial charge in [-0.15, -0.1) is 11.8 Å². The molecule has 0 unspecified atom stereocenters. The second-order valence-corrected chi connectivity index (χ2v) is 7.10. The van der Waals surface area contributed by atoms with Crippen LogP contribution in [0.1, 0.15) is 39.5 Å². The highest BCUT2D eigenvalue weighted by Gasteiger charge is 2.21. The topological polar surface area (TPSA) is 55.1 Å². The summed E-state index contributed by atoms with van der Waals surface area (Å²) in [6, 6.07) is 8.03. The minimum Gasteiger partial charge on any atom is -0.325 e. The van der Waals surface area contributed by atoms with Gasteiger partial charge in [0, 0.05) is 15.8 Å². The Bertz CT molecular complexity index is 430. The first-order chi connectivity index (χ1) is 8.95. The molecule has 0 spiro atoms. The Kier molecular flexibility index (Phi) is 4.53. The molecule has 104 valence electrons. The van der Waals surface area contributed by atoms with Crippen LogP contribution >= 0.6 is 11.8 Å². The minimum absolute atomic E-state index is 0.163. The number of nitrogens with one attached hydrogen (secondary N) is 1. The van der Waals surface area contributed by atoms with E-state index in [4.69, 9.17) is 5.73 Å². The average molecular weight is 278 g/mol. The molecule has 2 rings (SSSR count). The van der Waals surface area contributed by atoms with Crippen molar-refractivity contribution in [1.82, 2.24) is 0 Å². The van der Waals surface area contributed by atoms with E-state index in [9.17, 15) is 4.79 Å². The van der Waals surface area contributed by atoms with Crippen molar-refractivity contribution >= 4 is 23.4 Å². The van der Waals surface area contributed by atoms with Gasteiger partial charge in [-0.2, -0.15) is 0 Å². The number of amides is 1. The van der Waals surface area contributed by atoms with Crippen molar-refractivity contribution < 1.29 is 4.79 Å². The van der Waals surface area contributed by atoms with Crippen LogP contribution in [0.25, 0.3) is 0 Å². The average Bonchev–Trinajstić information content (AvgIpc) is 2.83. The lowest BCUT2D eigenvalue weighted by Gasteiger charge is -2.18. The van der Waals surface area contributed by atoms with Crippen LogP contribution in [0.15, 0.2) is 29.2 Å². The van der Waals surface area contributed by atoms with Gasteiger partial charge in [0.2, 0.25) is 5.91 Å². The fourth-order valence-corrected chi connectivity index (χ4v) is 3.35. The van der Waals surface area contributed by atoms with Crippen LogP contribution in [0, 0.1) is 0 Å². The summed E-state index contributed by atoms with van der Waals surface area (Å²) in [5.41, 5.74) is 5.70. The molecule has 1 aromatic carbocycles. The lowest BCUT2D eigenvalue weighted by molar-refractivity contribution is -0.120. The Morgan fingerprint density at radius 1 is 1.26 bits per heavy atom. The summed E-state index contributed by atoms with van der Waals surface area (Å²) in [4.78, 5) is 13.0. The van der Waals surface area contributed by atoms with Crippen LogP contribution < -0.4 is 11.1 Å². The predicted molar refractivity (Wildman–Crippen MR) is 81.5 cm³/mol. The van der Waals surface area contributed by atoms with Crippen molar-refractivity contribution in [2.75, 3.05) is 5.32 Å². The third-order valence-electron chi connectivity index (χ3n) is 3.30. The molecule has 3 N–H and O–H groups in total. The standard InChI is InChI=1S/C15H22N2OS/c1-15(2,16)14(18)17-11-7-9-13(10-8-11)19-12-5-3-4-6-12/h7-10,12H,3-6,16H2,1-2H3,(H,17,18). The maximum Gasteiger partial charge on any atom is 0.243 e. The Hall–Kier alpha value is -1.00. The van der Waals surface area contributed by atoms with Crippen LogP contribution in [0.3, 0.4) is 0 Å². The maximum atomic E-state index is 11.8. The zero-order valence-corrected chi connectivity index (χ0v) is 12.4. The van der Waals surface area contributed by atoms with Gasteiger partial charge < -0.3 is 11.1 Å². The van der Waals surface area contributed by atoms with E-state index in [1.807, 2.05) is 23.9 Å². The number of nitrogens with two attached hydrogens (primary N) is 1. The molecule has 1 fully saturated rings. The molecule has 1 amide bonds. The number of hydrogen-bond acceptors (Lipinski definition) is 3. The molecule has 1 saturated carbocycles. The van der Waals surface area contributed by atoms with E-state index in [1.165, 1.54) is 30.6 Å². The first-order valence-corrected chi connectivity index (χ1v) is 7.70. The molecule has 1 aliphatic carbocycles. The number of rotatable bonds is 4. The van der Waals surface area contributed by atoms with Gasteiger partial charge >= 0.3 is 0 Å². The molecular weight excluding hydrogens is 256 g/mol. The van der Waals surface area contributed by atoms with E-state index in [2.05, 4.69) is 17.4 Å². The Labute approximate surface area is 119 Å². The fourth-order valence-electron chi connectivity index (χ4n) is 2.11. The molecule has 0 heterocycles. The van der Waals surface area contributed by atoms with Gasteiger partial charge in [0.15, 0.2) is 0 Å².